The Labute approximate surface area is 126 Å². The SMILES string of the molecule is CSN1C(=O)CC(c2cccc(O)c2)C(C#N)=C1C(N)=O. The zero-order chi connectivity index (χ0) is 15.6. The summed E-state index contributed by atoms with van der Waals surface area (Å²) in [6.07, 6.45) is 1.68. The first-order chi connectivity index (χ1) is 9.99. The minimum atomic E-state index is -0.820. The second-order valence-corrected chi connectivity index (χ2v) is 5.19. The van der Waals surface area contributed by atoms with Crippen LogP contribution in [0.3, 0.4) is 0 Å². The Balaban J connectivity index is 2.62. The molecule has 0 fully saturated rings. The Morgan fingerprint density at radius 2 is 2.29 bits per heavy atom. The molecule has 1 heterocycles. The number of hydrogen-bond acceptors (Lipinski definition) is 5. The van der Waals surface area contributed by atoms with E-state index in [2.05, 4.69) is 0 Å². The van der Waals surface area contributed by atoms with E-state index in [1.807, 2.05) is 6.07 Å². The molecule has 1 aromatic rings. The number of amides is 2. The van der Waals surface area contributed by atoms with E-state index in [0.29, 0.717) is 5.56 Å². The summed E-state index contributed by atoms with van der Waals surface area (Å²) >= 11 is 1.03. The third-order valence-corrected chi connectivity index (χ3v) is 3.97. The highest BCUT2D eigenvalue weighted by Crippen LogP contribution is 2.38. The summed E-state index contributed by atoms with van der Waals surface area (Å²) in [5, 5.41) is 18.9. The van der Waals surface area contributed by atoms with Gasteiger partial charge in [0.05, 0.1) is 11.6 Å². The number of carbonyl (C=O) groups excluding carboxylic acids is 2. The first-order valence-electron chi connectivity index (χ1n) is 6.09. The van der Waals surface area contributed by atoms with E-state index in [1.54, 1.807) is 18.4 Å². The van der Waals surface area contributed by atoms with E-state index in [4.69, 9.17) is 5.73 Å². The molecule has 1 aromatic carbocycles. The average Bonchev–Trinajstić information content (AvgIpc) is 2.45. The Morgan fingerprint density at radius 3 is 2.81 bits per heavy atom. The van der Waals surface area contributed by atoms with Gasteiger partial charge < -0.3 is 10.8 Å². The predicted octanol–water partition coefficient (Wildman–Crippen LogP) is 1.25. The van der Waals surface area contributed by atoms with Gasteiger partial charge in [-0.05, 0) is 29.6 Å². The molecule has 6 nitrogen and oxygen atoms in total. The summed E-state index contributed by atoms with van der Waals surface area (Å²) in [6, 6.07) is 8.26. The monoisotopic (exact) mass is 303 g/mol. The molecule has 0 aromatic heterocycles. The van der Waals surface area contributed by atoms with Crippen molar-refractivity contribution in [2.75, 3.05) is 6.26 Å². The zero-order valence-corrected chi connectivity index (χ0v) is 12.1. The van der Waals surface area contributed by atoms with Crippen LogP contribution < -0.4 is 5.73 Å². The molecule has 21 heavy (non-hydrogen) atoms. The average molecular weight is 303 g/mol. The van der Waals surface area contributed by atoms with Crippen molar-refractivity contribution in [2.45, 2.75) is 12.3 Å². The Kier molecular flexibility index (Phi) is 4.19. The van der Waals surface area contributed by atoms with Crippen molar-refractivity contribution in [3.8, 4) is 11.8 Å². The van der Waals surface area contributed by atoms with E-state index in [1.165, 1.54) is 12.1 Å². The topological polar surface area (TPSA) is 107 Å². The molecule has 0 saturated heterocycles. The van der Waals surface area contributed by atoms with E-state index < -0.39 is 11.8 Å². The number of carbonyl (C=O) groups is 2. The van der Waals surface area contributed by atoms with E-state index >= 15 is 0 Å². The molecule has 2 rings (SSSR count). The fourth-order valence-corrected chi connectivity index (χ4v) is 2.99. The second-order valence-electron chi connectivity index (χ2n) is 4.46. The van der Waals surface area contributed by atoms with E-state index in [0.717, 1.165) is 16.3 Å². The van der Waals surface area contributed by atoms with Crippen LogP contribution >= 0.6 is 11.9 Å². The first kappa shape index (κ1) is 14.9. The molecule has 1 atom stereocenters. The largest absolute Gasteiger partial charge is 0.508 e. The third-order valence-electron chi connectivity index (χ3n) is 3.22. The van der Waals surface area contributed by atoms with Crippen LogP contribution in [-0.4, -0.2) is 27.5 Å². The lowest BCUT2D eigenvalue weighted by molar-refractivity contribution is -0.128. The molecule has 3 N–H and O–H groups in total. The molecule has 0 radical (unpaired) electrons. The van der Waals surface area contributed by atoms with Crippen molar-refractivity contribution in [1.82, 2.24) is 4.31 Å². The molecular weight excluding hydrogens is 290 g/mol. The van der Waals surface area contributed by atoms with E-state index in [9.17, 15) is 20.0 Å². The minimum Gasteiger partial charge on any atom is -0.508 e. The molecule has 0 saturated carbocycles. The van der Waals surface area contributed by atoms with Crippen molar-refractivity contribution in [1.29, 1.82) is 5.26 Å². The van der Waals surface area contributed by atoms with Crippen molar-refractivity contribution >= 4 is 23.8 Å². The highest BCUT2D eigenvalue weighted by atomic mass is 32.2. The molecule has 1 aliphatic rings. The predicted molar refractivity (Wildman–Crippen MR) is 77.7 cm³/mol. The zero-order valence-electron chi connectivity index (χ0n) is 11.2. The normalized spacial score (nSPS) is 18.6. The van der Waals surface area contributed by atoms with Crippen LogP contribution in [0.1, 0.15) is 17.9 Å². The van der Waals surface area contributed by atoms with Crippen LogP contribution in [0, 0.1) is 11.3 Å². The van der Waals surface area contributed by atoms with Crippen LogP contribution in [0.4, 0.5) is 0 Å². The number of nitrogens with two attached hydrogens (primary N) is 1. The van der Waals surface area contributed by atoms with E-state index in [-0.39, 0.29) is 29.3 Å². The lowest BCUT2D eigenvalue weighted by Gasteiger charge is -2.31. The summed E-state index contributed by atoms with van der Waals surface area (Å²) in [4.78, 5) is 23.8. The van der Waals surface area contributed by atoms with Gasteiger partial charge in [0.1, 0.15) is 11.4 Å². The Morgan fingerprint density at radius 1 is 1.57 bits per heavy atom. The summed E-state index contributed by atoms with van der Waals surface area (Å²) in [5.41, 5.74) is 5.98. The number of benzene rings is 1. The summed E-state index contributed by atoms with van der Waals surface area (Å²) in [5.74, 6) is -1.67. The van der Waals surface area contributed by atoms with Crippen molar-refractivity contribution in [2.24, 2.45) is 5.73 Å². The molecule has 7 heteroatoms. The number of rotatable bonds is 3. The quantitative estimate of drug-likeness (QED) is 0.817. The maximum atomic E-state index is 12.2. The number of allylic oxidation sites excluding steroid dienone is 1. The number of phenols is 1. The number of aromatic hydroxyl groups is 1. The van der Waals surface area contributed by atoms with Gasteiger partial charge in [-0.2, -0.15) is 5.26 Å². The summed E-state index contributed by atoms with van der Waals surface area (Å²) in [6.45, 7) is 0. The van der Waals surface area contributed by atoms with Crippen molar-refractivity contribution in [3.05, 3.63) is 41.1 Å². The first-order valence-corrected chi connectivity index (χ1v) is 7.27. The number of nitriles is 1. The van der Waals surface area contributed by atoms with Gasteiger partial charge in [0, 0.05) is 18.6 Å². The molecule has 108 valence electrons. The highest BCUT2D eigenvalue weighted by Gasteiger charge is 2.37. The fraction of sp³-hybridized carbons (Fsp3) is 0.214. The standard InChI is InChI=1S/C14H13N3O3S/c1-21-17-12(19)6-10(8-3-2-4-9(18)5-8)11(7-15)13(17)14(16)20/h2-5,10,18H,6H2,1H3,(H2,16,20). The van der Waals surface area contributed by atoms with Gasteiger partial charge in [-0.3, -0.25) is 9.59 Å². The highest BCUT2D eigenvalue weighted by molar-refractivity contribution is 7.97. The van der Waals surface area contributed by atoms with Gasteiger partial charge >= 0.3 is 0 Å². The van der Waals surface area contributed by atoms with Gasteiger partial charge in [0.2, 0.25) is 5.91 Å². The van der Waals surface area contributed by atoms with Crippen molar-refractivity contribution < 1.29 is 14.7 Å². The fourth-order valence-electron chi connectivity index (χ4n) is 2.34. The molecular formula is C14H13N3O3S. The van der Waals surface area contributed by atoms with Crippen LogP contribution in [0.2, 0.25) is 0 Å². The summed E-state index contributed by atoms with van der Waals surface area (Å²) in [7, 11) is 0. The lowest BCUT2D eigenvalue weighted by Crippen LogP contribution is -2.38. The number of primary amides is 1. The van der Waals surface area contributed by atoms with Gasteiger partial charge in [-0.1, -0.05) is 12.1 Å². The lowest BCUT2D eigenvalue weighted by atomic mass is 9.85. The number of phenolic OH excluding ortho intramolecular Hbond substituents is 1. The molecule has 1 unspecified atom stereocenters. The van der Waals surface area contributed by atoms with Gasteiger partial charge in [0.25, 0.3) is 5.91 Å². The maximum Gasteiger partial charge on any atom is 0.267 e. The molecule has 0 spiro atoms. The molecule has 0 bridgehead atoms. The molecule has 2 amide bonds. The Bertz CT molecular complexity index is 678. The van der Waals surface area contributed by atoms with Crippen molar-refractivity contribution in [3.63, 3.8) is 0 Å². The van der Waals surface area contributed by atoms with Gasteiger partial charge in [-0.15, -0.1) is 0 Å². The van der Waals surface area contributed by atoms with Crippen LogP contribution in [0.5, 0.6) is 5.75 Å². The minimum absolute atomic E-state index is 0.0326. The molecule has 0 aliphatic carbocycles. The molecule has 1 aliphatic heterocycles. The van der Waals surface area contributed by atoms with Crippen LogP contribution in [0.25, 0.3) is 0 Å². The maximum absolute atomic E-state index is 12.2. The number of nitrogens with zero attached hydrogens (tertiary/aromatic N) is 2. The Hall–Kier alpha value is -2.46. The van der Waals surface area contributed by atoms with Gasteiger partial charge in [-0.25, -0.2) is 4.31 Å². The van der Waals surface area contributed by atoms with Crippen LogP contribution in [0.15, 0.2) is 35.5 Å². The number of hydrogen-bond donors (Lipinski definition) is 2. The second kappa shape index (κ2) is 5.89. The third kappa shape index (κ3) is 2.71. The van der Waals surface area contributed by atoms with Gasteiger partial charge in [0.15, 0.2) is 0 Å². The summed E-state index contributed by atoms with van der Waals surface area (Å²) < 4.78 is 1.15. The van der Waals surface area contributed by atoms with Crippen LogP contribution in [-0.2, 0) is 9.59 Å². The smallest absolute Gasteiger partial charge is 0.267 e.